The van der Waals surface area contributed by atoms with E-state index in [0.29, 0.717) is 5.82 Å². The van der Waals surface area contributed by atoms with Crippen LogP contribution in [0.3, 0.4) is 0 Å². The Morgan fingerprint density at radius 1 is 1.67 bits per heavy atom. The molecular formula is C5H5BrN2S. The molecule has 0 amide bonds. The molecule has 0 unspecified atom stereocenters. The van der Waals surface area contributed by atoms with E-state index in [1.165, 1.54) is 0 Å². The van der Waals surface area contributed by atoms with Gasteiger partial charge in [0.2, 0.25) is 0 Å². The first-order valence-electron chi connectivity index (χ1n) is 2.31. The maximum absolute atomic E-state index is 5.41. The molecule has 1 aromatic rings. The summed E-state index contributed by atoms with van der Waals surface area (Å²) in [4.78, 5) is 4.63. The number of nitrogen functional groups attached to an aromatic ring is 1. The third-order valence-corrected chi connectivity index (χ3v) is 2.41. The second-order valence-electron chi connectivity index (χ2n) is 1.53. The number of nitrogens with two attached hydrogens (primary N) is 1. The van der Waals surface area contributed by atoms with Crippen LogP contribution in [-0.2, 0) is 0 Å². The van der Waals surface area contributed by atoms with Crippen LogP contribution >= 0.6 is 28.6 Å². The predicted octanol–water partition coefficient (Wildman–Crippen LogP) is 1.71. The van der Waals surface area contributed by atoms with Gasteiger partial charge < -0.3 is 5.73 Å². The van der Waals surface area contributed by atoms with Gasteiger partial charge in [-0.15, -0.1) is 12.6 Å². The molecule has 0 aliphatic heterocycles. The lowest BCUT2D eigenvalue weighted by molar-refractivity contribution is 1.25. The van der Waals surface area contributed by atoms with Gasteiger partial charge in [0.15, 0.2) is 0 Å². The SMILES string of the molecule is Nc1nccc(S)c1Br. The lowest BCUT2D eigenvalue weighted by atomic mass is 10.5. The van der Waals surface area contributed by atoms with E-state index < -0.39 is 0 Å². The minimum absolute atomic E-state index is 0.475. The Morgan fingerprint density at radius 3 is 2.78 bits per heavy atom. The molecule has 0 atom stereocenters. The molecule has 2 N–H and O–H groups in total. The quantitative estimate of drug-likeness (QED) is 0.633. The average Bonchev–Trinajstić information content (AvgIpc) is 1.83. The smallest absolute Gasteiger partial charge is 0.138 e. The Morgan fingerprint density at radius 2 is 2.33 bits per heavy atom. The lowest BCUT2D eigenvalue weighted by Crippen LogP contribution is -1.90. The van der Waals surface area contributed by atoms with Gasteiger partial charge >= 0.3 is 0 Å². The van der Waals surface area contributed by atoms with E-state index in [4.69, 9.17) is 5.73 Å². The van der Waals surface area contributed by atoms with Crippen LogP contribution < -0.4 is 5.73 Å². The zero-order chi connectivity index (χ0) is 6.85. The first-order valence-corrected chi connectivity index (χ1v) is 3.55. The second kappa shape index (κ2) is 2.58. The Kier molecular flexibility index (Phi) is 1.97. The minimum Gasteiger partial charge on any atom is -0.383 e. The van der Waals surface area contributed by atoms with Crippen LogP contribution in [-0.4, -0.2) is 4.98 Å². The monoisotopic (exact) mass is 204 g/mol. The summed E-state index contributed by atoms with van der Waals surface area (Å²) < 4.78 is 0.758. The number of halogens is 1. The molecule has 1 rings (SSSR count). The van der Waals surface area contributed by atoms with Crippen molar-refractivity contribution in [2.24, 2.45) is 0 Å². The summed E-state index contributed by atoms with van der Waals surface area (Å²) in [5, 5.41) is 0. The van der Waals surface area contributed by atoms with E-state index >= 15 is 0 Å². The number of pyridine rings is 1. The van der Waals surface area contributed by atoms with E-state index in [0.717, 1.165) is 9.37 Å². The first kappa shape index (κ1) is 6.89. The van der Waals surface area contributed by atoms with Crippen LogP contribution in [0.4, 0.5) is 5.82 Å². The van der Waals surface area contributed by atoms with Gasteiger partial charge in [-0.25, -0.2) is 4.98 Å². The number of rotatable bonds is 0. The summed E-state index contributed by atoms with van der Waals surface area (Å²) in [6, 6.07) is 1.77. The molecule has 0 saturated carbocycles. The molecule has 0 bridgehead atoms. The van der Waals surface area contributed by atoms with Crippen molar-refractivity contribution < 1.29 is 0 Å². The zero-order valence-electron chi connectivity index (χ0n) is 4.50. The van der Waals surface area contributed by atoms with Gasteiger partial charge in [0.1, 0.15) is 5.82 Å². The van der Waals surface area contributed by atoms with Gasteiger partial charge in [-0.1, -0.05) is 0 Å². The van der Waals surface area contributed by atoms with Gasteiger partial charge in [0.25, 0.3) is 0 Å². The Balaban J connectivity index is 3.25. The van der Waals surface area contributed by atoms with Crippen LogP contribution in [0.1, 0.15) is 0 Å². The molecule has 4 heteroatoms. The highest BCUT2D eigenvalue weighted by molar-refractivity contribution is 9.10. The standard InChI is InChI=1S/C5H5BrN2S/c6-4-3(9)1-2-8-5(4)7/h1-2H,(H3,7,8,9). The van der Waals surface area contributed by atoms with Crippen LogP contribution in [0.25, 0.3) is 0 Å². The minimum atomic E-state index is 0.475. The van der Waals surface area contributed by atoms with E-state index in [2.05, 4.69) is 33.5 Å². The van der Waals surface area contributed by atoms with Crippen molar-refractivity contribution >= 4 is 34.4 Å². The van der Waals surface area contributed by atoms with Crippen molar-refractivity contribution in [3.8, 4) is 0 Å². The number of hydrogen-bond acceptors (Lipinski definition) is 3. The maximum Gasteiger partial charge on any atom is 0.138 e. The third-order valence-electron chi connectivity index (χ3n) is 0.896. The van der Waals surface area contributed by atoms with E-state index in [1.54, 1.807) is 12.3 Å². The molecular weight excluding hydrogens is 200 g/mol. The van der Waals surface area contributed by atoms with Crippen molar-refractivity contribution in [2.45, 2.75) is 4.90 Å². The zero-order valence-corrected chi connectivity index (χ0v) is 6.98. The van der Waals surface area contributed by atoms with Crippen molar-refractivity contribution in [2.75, 3.05) is 5.73 Å². The fraction of sp³-hybridized carbons (Fsp3) is 0. The lowest BCUT2D eigenvalue weighted by Gasteiger charge is -1.96. The van der Waals surface area contributed by atoms with Crippen LogP contribution in [0.2, 0.25) is 0 Å². The van der Waals surface area contributed by atoms with Crippen LogP contribution in [0.5, 0.6) is 0 Å². The van der Waals surface area contributed by atoms with Gasteiger partial charge in [-0.3, -0.25) is 0 Å². The molecule has 0 radical (unpaired) electrons. The summed E-state index contributed by atoms with van der Waals surface area (Å²) in [6.07, 6.45) is 1.61. The average molecular weight is 205 g/mol. The van der Waals surface area contributed by atoms with Crippen molar-refractivity contribution in [1.29, 1.82) is 0 Å². The van der Waals surface area contributed by atoms with Gasteiger partial charge in [0, 0.05) is 11.1 Å². The topological polar surface area (TPSA) is 38.9 Å². The molecule has 0 spiro atoms. The van der Waals surface area contributed by atoms with Crippen molar-refractivity contribution in [3.63, 3.8) is 0 Å². The molecule has 0 aromatic carbocycles. The Labute approximate surface area is 67.0 Å². The third kappa shape index (κ3) is 1.37. The summed E-state index contributed by atoms with van der Waals surface area (Å²) in [6.45, 7) is 0. The molecule has 0 aliphatic carbocycles. The Hall–Kier alpha value is -0.220. The van der Waals surface area contributed by atoms with E-state index in [-0.39, 0.29) is 0 Å². The summed E-state index contributed by atoms with van der Waals surface area (Å²) in [7, 11) is 0. The number of thiol groups is 1. The van der Waals surface area contributed by atoms with Gasteiger partial charge in [0.05, 0.1) is 4.47 Å². The van der Waals surface area contributed by atoms with E-state index in [1.807, 2.05) is 0 Å². The fourth-order valence-electron chi connectivity index (χ4n) is 0.449. The fourth-order valence-corrected chi connectivity index (χ4v) is 0.865. The summed E-state index contributed by atoms with van der Waals surface area (Å²) in [5.41, 5.74) is 5.41. The predicted molar refractivity (Wildman–Crippen MR) is 43.6 cm³/mol. The molecule has 0 aliphatic rings. The molecule has 0 saturated heterocycles. The number of hydrogen-bond donors (Lipinski definition) is 2. The molecule has 9 heavy (non-hydrogen) atoms. The highest BCUT2D eigenvalue weighted by Crippen LogP contribution is 2.23. The second-order valence-corrected chi connectivity index (χ2v) is 2.80. The van der Waals surface area contributed by atoms with E-state index in [9.17, 15) is 0 Å². The molecule has 1 heterocycles. The molecule has 2 nitrogen and oxygen atoms in total. The highest BCUT2D eigenvalue weighted by atomic mass is 79.9. The number of anilines is 1. The van der Waals surface area contributed by atoms with Crippen LogP contribution in [0, 0.1) is 0 Å². The van der Waals surface area contributed by atoms with Gasteiger partial charge in [-0.2, -0.15) is 0 Å². The van der Waals surface area contributed by atoms with Crippen molar-refractivity contribution in [3.05, 3.63) is 16.7 Å². The maximum atomic E-state index is 5.41. The number of aromatic nitrogens is 1. The first-order chi connectivity index (χ1) is 4.22. The molecule has 1 aromatic heterocycles. The van der Waals surface area contributed by atoms with Gasteiger partial charge in [-0.05, 0) is 22.0 Å². The Bertz CT molecular complexity index is 206. The van der Waals surface area contributed by atoms with Crippen molar-refractivity contribution in [1.82, 2.24) is 4.98 Å². The highest BCUT2D eigenvalue weighted by Gasteiger charge is 1.97. The summed E-state index contributed by atoms with van der Waals surface area (Å²) in [5.74, 6) is 0.475. The largest absolute Gasteiger partial charge is 0.383 e. The molecule has 48 valence electrons. The number of nitrogens with zero attached hydrogens (tertiary/aromatic N) is 1. The van der Waals surface area contributed by atoms with Crippen LogP contribution in [0.15, 0.2) is 21.6 Å². The molecule has 0 fully saturated rings. The normalized spacial score (nSPS) is 9.56. The summed E-state index contributed by atoms with van der Waals surface area (Å²) >= 11 is 7.32.